The van der Waals surface area contributed by atoms with Crippen LogP contribution in [0.15, 0.2) is 54.7 Å². The second-order valence-electron chi connectivity index (χ2n) is 11.8. The van der Waals surface area contributed by atoms with Crippen LogP contribution in [0.5, 0.6) is 0 Å². The molecule has 4 N–H and O–H groups in total. The minimum absolute atomic E-state index is 0.0231. The van der Waals surface area contributed by atoms with E-state index in [9.17, 15) is 37.8 Å². The standard InChI is InChI=1S/C31H32F2N6O8S/c1-31(2,3)29(44)35-18-6-8-19(9-7-18)39(48(46)47)24-15-21(32)20(14-22(24)33)27(41)36-23(28(42)43)13-17-5-10-25(34-16-17)38-26(40)11-12-37(4)30(38)45/h5-10,14-16,23H,11-13H2,1-4H3,(H,35,44)(H,36,41)(H,42,43)(H,46,47)/t23-/m0/s1. The molecule has 2 atom stereocenters. The van der Waals surface area contributed by atoms with E-state index in [-0.39, 0.29) is 42.4 Å². The van der Waals surface area contributed by atoms with Crippen molar-refractivity contribution < 1.29 is 46.6 Å². The number of hydrogen-bond acceptors (Lipinski definition) is 7. The molecule has 2 aromatic carbocycles. The Hall–Kier alpha value is -5.29. The fraction of sp³-hybridized carbons (Fsp3) is 0.290. The van der Waals surface area contributed by atoms with Crippen molar-refractivity contribution in [3.05, 3.63) is 77.5 Å². The predicted octanol–water partition coefficient (Wildman–Crippen LogP) is 3.83. The van der Waals surface area contributed by atoms with E-state index in [1.165, 1.54) is 54.5 Å². The molecule has 1 aromatic heterocycles. The zero-order chi connectivity index (χ0) is 35.5. The summed E-state index contributed by atoms with van der Waals surface area (Å²) in [5.41, 5.74) is -1.69. The summed E-state index contributed by atoms with van der Waals surface area (Å²) < 4.78 is 53.2. The maximum atomic E-state index is 15.3. The van der Waals surface area contributed by atoms with Gasteiger partial charge in [-0.2, -0.15) is 0 Å². The Kier molecular flexibility index (Phi) is 10.5. The highest BCUT2D eigenvalue weighted by Gasteiger charge is 2.32. The fourth-order valence-electron chi connectivity index (χ4n) is 4.49. The number of carbonyl (C=O) groups excluding carboxylic acids is 4. The molecule has 4 rings (SSSR count). The second kappa shape index (κ2) is 14.2. The predicted molar refractivity (Wildman–Crippen MR) is 171 cm³/mol. The van der Waals surface area contributed by atoms with E-state index < -0.39 is 69.4 Å². The maximum absolute atomic E-state index is 15.3. The number of carboxylic acids is 1. The topological polar surface area (TPSA) is 190 Å². The first-order valence-electron chi connectivity index (χ1n) is 14.4. The van der Waals surface area contributed by atoms with Crippen LogP contribution in [0.3, 0.4) is 0 Å². The number of aromatic nitrogens is 1. The fourth-order valence-corrected chi connectivity index (χ4v) is 5.10. The van der Waals surface area contributed by atoms with Crippen LogP contribution in [0.4, 0.5) is 36.5 Å². The van der Waals surface area contributed by atoms with Gasteiger partial charge in [0.1, 0.15) is 23.5 Å². The molecular weight excluding hydrogens is 654 g/mol. The van der Waals surface area contributed by atoms with Crippen LogP contribution in [-0.4, -0.2) is 73.1 Å². The number of imide groups is 1. The first-order chi connectivity index (χ1) is 22.5. The molecule has 5 amide bonds. The SMILES string of the molecule is CN1CCC(=O)N(c2ccc(C[C@H](NC(=O)c3cc(F)c(N(c4ccc(NC(=O)C(C)(C)C)cc4)S(=O)O)cc3F)C(=O)O)cn2)C1=O. The molecule has 254 valence electrons. The lowest BCUT2D eigenvalue weighted by Crippen LogP contribution is -2.51. The minimum Gasteiger partial charge on any atom is -0.480 e. The summed E-state index contributed by atoms with van der Waals surface area (Å²) in [6.07, 6.45) is 0.969. The third kappa shape index (κ3) is 7.98. The van der Waals surface area contributed by atoms with E-state index in [0.29, 0.717) is 22.1 Å². The summed E-state index contributed by atoms with van der Waals surface area (Å²) in [7, 11) is 1.53. The molecule has 48 heavy (non-hydrogen) atoms. The Bertz CT molecular complexity index is 1780. The third-order valence-corrected chi connectivity index (χ3v) is 7.93. The van der Waals surface area contributed by atoms with Crippen molar-refractivity contribution in [2.75, 3.05) is 28.1 Å². The van der Waals surface area contributed by atoms with Gasteiger partial charge in [0.2, 0.25) is 11.8 Å². The van der Waals surface area contributed by atoms with E-state index in [1.54, 1.807) is 20.8 Å². The number of hydrogen-bond donors (Lipinski definition) is 4. The number of nitrogens with zero attached hydrogens (tertiary/aromatic N) is 4. The highest BCUT2D eigenvalue weighted by atomic mass is 32.2. The maximum Gasteiger partial charge on any atom is 0.332 e. The van der Waals surface area contributed by atoms with E-state index in [4.69, 9.17) is 0 Å². The molecule has 0 bridgehead atoms. The molecule has 1 fully saturated rings. The monoisotopic (exact) mass is 686 g/mol. The van der Waals surface area contributed by atoms with Crippen LogP contribution < -0.4 is 19.8 Å². The average Bonchev–Trinajstić information content (AvgIpc) is 3.01. The molecule has 0 spiro atoms. The van der Waals surface area contributed by atoms with Gasteiger partial charge in [0.05, 0.1) is 16.9 Å². The Labute approximate surface area is 276 Å². The van der Waals surface area contributed by atoms with Gasteiger partial charge < -0.3 is 20.6 Å². The zero-order valence-corrected chi connectivity index (χ0v) is 27.0. The molecule has 2 heterocycles. The lowest BCUT2D eigenvalue weighted by Gasteiger charge is -2.30. The lowest BCUT2D eigenvalue weighted by molar-refractivity contribution is -0.139. The van der Waals surface area contributed by atoms with Crippen molar-refractivity contribution in [3.8, 4) is 0 Å². The molecule has 1 unspecified atom stereocenters. The van der Waals surface area contributed by atoms with Crippen molar-refractivity contribution >= 4 is 63.9 Å². The van der Waals surface area contributed by atoms with Crippen molar-refractivity contribution in [1.82, 2.24) is 15.2 Å². The molecule has 1 aliphatic heterocycles. The van der Waals surface area contributed by atoms with Crippen LogP contribution in [0.25, 0.3) is 0 Å². The first-order valence-corrected chi connectivity index (χ1v) is 15.4. The summed E-state index contributed by atoms with van der Waals surface area (Å²) in [5, 5.41) is 14.5. The van der Waals surface area contributed by atoms with Gasteiger partial charge in [-0.3, -0.25) is 18.9 Å². The number of carbonyl (C=O) groups is 5. The Morgan fingerprint density at radius 3 is 2.29 bits per heavy atom. The van der Waals surface area contributed by atoms with E-state index >= 15 is 8.78 Å². The van der Waals surface area contributed by atoms with Crippen molar-refractivity contribution in [2.24, 2.45) is 5.41 Å². The summed E-state index contributed by atoms with van der Waals surface area (Å²) in [6, 6.07) is 6.92. The number of aliphatic carboxylic acids is 1. The molecule has 0 radical (unpaired) electrons. The summed E-state index contributed by atoms with van der Waals surface area (Å²) in [4.78, 5) is 68.1. The molecule has 3 aromatic rings. The summed E-state index contributed by atoms with van der Waals surface area (Å²) in [5.74, 6) is -6.10. The first kappa shape index (κ1) is 35.6. The number of nitrogens with one attached hydrogen (secondary N) is 2. The van der Waals surface area contributed by atoms with Gasteiger partial charge in [-0.1, -0.05) is 26.8 Å². The number of halogens is 2. The van der Waals surface area contributed by atoms with Crippen LogP contribution in [0.2, 0.25) is 0 Å². The van der Waals surface area contributed by atoms with E-state index in [0.717, 1.165) is 4.90 Å². The number of amides is 5. The molecule has 17 heteroatoms. The van der Waals surface area contributed by atoms with Crippen LogP contribution in [0.1, 0.15) is 43.1 Å². The van der Waals surface area contributed by atoms with Crippen molar-refractivity contribution in [1.29, 1.82) is 0 Å². The molecule has 0 saturated carbocycles. The number of anilines is 4. The van der Waals surface area contributed by atoms with Gasteiger partial charge in [-0.25, -0.2) is 36.8 Å². The summed E-state index contributed by atoms with van der Waals surface area (Å²) in [6.45, 7) is 5.37. The molecule has 14 nitrogen and oxygen atoms in total. The summed E-state index contributed by atoms with van der Waals surface area (Å²) >= 11 is -2.91. The smallest absolute Gasteiger partial charge is 0.332 e. The highest BCUT2D eigenvalue weighted by Crippen LogP contribution is 2.32. The zero-order valence-electron chi connectivity index (χ0n) is 26.2. The molecular formula is C31H32F2N6O8S. The largest absolute Gasteiger partial charge is 0.480 e. The van der Waals surface area contributed by atoms with Crippen LogP contribution in [0, 0.1) is 17.0 Å². The number of carboxylic acid groups (broad SMARTS) is 1. The van der Waals surface area contributed by atoms with E-state index in [1.807, 2.05) is 0 Å². The molecule has 1 aliphatic rings. The van der Waals surface area contributed by atoms with E-state index in [2.05, 4.69) is 15.6 Å². The van der Waals surface area contributed by atoms with Gasteiger partial charge >= 0.3 is 12.0 Å². The van der Waals surface area contributed by atoms with Gasteiger partial charge in [0.25, 0.3) is 17.2 Å². The van der Waals surface area contributed by atoms with Gasteiger partial charge in [0, 0.05) is 49.8 Å². The van der Waals surface area contributed by atoms with Crippen molar-refractivity contribution in [3.63, 3.8) is 0 Å². The van der Waals surface area contributed by atoms with Gasteiger partial charge in [-0.15, -0.1) is 0 Å². The Morgan fingerprint density at radius 2 is 1.73 bits per heavy atom. The van der Waals surface area contributed by atoms with Gasteiger partial charge in [-0.05, 0) is 42.0 Å². The highest BCUT2D eigenvalue weighted by molar-refractivity contribution is 7.81. The number of rotatable bonds is 10. The Morgan fingerprint density at radius 1 is 1.06 bits per heavy atom. The number of urea groups is 1. The third-order valence-electron chi connectivity index (χ3n) is 7.21. The number of pyridine rings is 1. The van der Waals surface area contributed by atoms with Crippen molar-refractivity contribution in [2.45, 2.75) is 39.7 Å². The molecule has 0 aliphatic carbocycles. The minimum atomic E-state index is -2.91. The average molecular weight is 687 g/mol. The number of benzene rings is 2. The quantitative estimate of drug-likeness (QED) is 0.230. The lowest BCUT2D eigenvalue weighted by atomic mass is 9.95. The van der Waals surface area contributed by atoms with Crippen LogP contribution in [-0.2, 0) is 32.1 Å². The van der Waals surface area contributed by atoms with Crippen LogP contribution >= 0.6 is 0 Å². The molecule has 1 saturated heterocycles. The second-order valence-corrected chi connectivity index (χ2v) is 12.7. The van der Waals surface area contributed by atoms with Gasteiger partial charge in [0.15, 0.2) is 0 Å². The normalized spacial score (nSPS) is 14.7. The Balaban J connectivity index is 1.51.